The van der Waals surface area contributed by atoms with Gasteiger partial charge in [-0.25, -0.2) is 4.98 Å². The van der Waals surface area contributed by atoms with Gasteiger partial charge in [0.1, 0.15) is 6.04 Å². The Kier molecular flexibility index (Phi) is 3.62. The second-order valence-corrected chi connectivity index (χ2v) is 6.51. The number of aromatic amines is 1. The number of benzene rings is 2. The second kappa shape index (κ2) is 5.93. The number of thiazole rings is 1. The van der Waals surface area contributed by atoms with Crippen molar-refractivity contribution in [1.29, 1.82) is 0 Å². The summed E-state index contributed by atoms with van der Waals surface area (Å²) in [5.74, 6) is -0.128. The maximum Gasteiger partial charge on any atom is 0.246 e. The van der Waals surface area contributed by atoms with E-state index in [1.54, 1.807) is 6.20 Å². The van der Waals surface area contributed by atoms with E-state index in [-0.39, 0.29) is 5.91 Å². The fraction of sp³-hybridized carbons (Fsp3) is 0.118. The molecule has 1 atom stereocenters. The van der Waals surface area contributed by atoms with Gasteiger partial charge < -0.3 is 10.6 Å². The first-order chi connectivity index (χ1) is 11.7. The number of nitrogens with zero attached hydrogens (tertiary/aromatic N) is 2. The zero-order valence-electron chi connectivity index (χ0n) is 12.9. The molecule has 0 aliphatic heterocycles. The Morgan fingerprint density at radius 1 is 1.21 bits per heavy atom. The van der Waals surface area contributed by atoms with Gasteiger partial charge >= 0.3 is 0 Å². The molecule has 2 aromatic carbocycles. The van der Waals surface area contributed by atoms with E-state index in [9.17, 15) is 4.79 Å². The largest absolute Gasteiger partial charge is 0.350 e. The first-order valence-corrected chi connectivity index (χ1v) is 8.37. The average Bonchev–Trinajstić information content (AvgIpc) is 3.20. The van der Waals surface area contributed by atoms with E-state index in [4.69, 9.17) is 0 Å². The maximum absolute atomic E-state index is 12.5. The molecule has 0 saturated carbocycles. The topological polar surface area (TPSA) is 82.7 Å². The van der Waals surface area contributed by atoms with E-state index in [1.165, 1.54) is 11.3 Å². The summed E-state index contributed by atoms with van der Waals surface area (Å²) in [6, 6.07) is 13.2. The number of H-pyrrole nitrogens is 1. The van der Waals surface area contributed by atoms with Crippen molar-refractivity contribution in [2.45, 2.75) is 13.0 Å². The van der Waals surface area contributed by atoms with Crippen molar-refractivity contribution in [2.75, 3.05) is 10.6 Å². The molecule has 0 aliphatic rings. The van der Waals surface area contributed by atoms with Crippen molar-refractivity contribution >= 4 is 49.2 Å². The van der Waals surface area contributed by atoms with Gasteiger partial charge in [0, 0.05) is 5.39 Å². The summed E-state index contributed by atoms with van der Waals surface area (Å²) < 4.78 is 1.09. The van der Waals surface area contributed by atoms with Gasteiger partial charge in [0.05, 0.1) is 27.6 Å². The summed E-state index contributed by atoms with van der Waals surface area (Å²) in [4.78, 5) is 17.0. The van der Waals surface area contributed by atoms with Crippen LogP contribution in [-0.4, -0.2) is 27.1 Å². The van der Waals surface area contributed by atoms with E-state index < -0.39 is 6.04 Å². The number of aromatic nitrogens is 3. The van der Waals surface area contributed by atoms with Crippen molar-refractivity contribution in [3.63, 3.8) is 0 Å². The summed E-state index contributed by atoms with van der Waals surface area (Å²) in [6.07, 6.45) is 1.73. The van der Waals surface area contributed by atoms with Gasteiger partial charge in [-0.15, -0.1) is 0 Å². The molecule has 6 nitrogen and oxygen atoms in total. The number of rotatable bonds is 4. The van der Waals surface area contributed by atoms with Gasteiger partial charge in [0.15, 0.2) is 5.13 Å². The Labute approximate surface area is 141 Å². The van der Waals surface area contributed by atoms with Crippen LogP contribution in [0.15, 0.2) is 48.7 Å². The molecule has 0 bridgehead atoms. The van der Waals surface area contributed by atoms with Gasteiger partial charge in [-0.05, 0) is 25.1 Å². The number of nitrogens with one attached hydrogen (secondary N) is 3. The first kappa shape index (κ1) is 14.6. The van der Waals surface area contributed by atoms with Crippen LogP contribution >= 0.6 is 11.3 Å². The third-order valence-corrected chi connectivity index (χ3v) is 4.73. The van der Waals surface area contributed by atoms with Crippen LogP contribution in [0.5, 0.6) is 0 Å². The molecule has 24 heavy (non-hydrogen) atoms. The molecule has 120 valence electrons. The molecule has 0 aliphatic carbocycles. The highest BCUT2D eigenvalue weighted by atomic mass is 32.1. The van der Waals surface area contributed by atoms with E-state index in [2.05, 4.69) is 25.8 Å². The highest BCUT2D eigenvalue weighted by Gasteiger charge is 2.16. The molecule has 4 aromatic rings. The van der Waals surface area contributed by atoms with Crippen molar-refractivity contribution < 1.29 is 4.79 Å². The Bertz CT molecular complexity index is 989. The molecule has 2 heterocycles. The second-order valence-electron chi connectivity index (χ2n) is 5.48. The van der Waals surface area contributed by atoms with E-state index in [0.29, 0.717) is 5.69 Å². The number of amides is 1. The fourth-order valence-corrected chi connectivity index (χ4v) is 3.45. The van der Waals surface area contributed by atoms with Gasteiger partial charge in [0.2, 0.25) is 5.91 Å². The summed E-state index contributed by atoms with van der Waals surface area (Å²) in [5, 5.41) is 14.7. The minimum atomic E-state index is -0.413. The predicted octanol–water partition coefficient (Wildman–Crippen LogP) is 3.61. The lowest BCUT2D eigenvalue weighted by Crippen LogP contribution is -2.31. The molecule has 0 radical (unpaired) electrons. The minimum Gasteiger partial charge on any atom is -0.350 e. The summed E-state index contributed by atoms with van der Waals surface area (Å²) in [7, 11) is 0. The molecule has 7 heteroatoms. The third-order valence-electron chi connectivity index (χ3n) is 3.76. The number of carbonyl (C=O) groups is 1. The monoisotopic (exact) mass is 337 g/mol. The maximum atomic E-state index is 12.5. The molecule has 1 amide bonds. The Hall–Kier alpha value is -2.93. The normalized spacial score (nSPS) is 12.4. The molecular weight excluding hydrogens is 322 g/mol. The van der Waals surface area contributed by atoms with Crippen LogP contribution < -0.4 is 10.6 Å². The smallest absolute Gasteiger partial charge is 0.246 e. The van der Waals surface area contributed by atoms with E-state index >= 15 is 0 Å². The molecule has 3 N–H and O–H groups in total. The van der Waals surface area contributed by atoms with Crippen LogP contribution in [0.25, 0.3) is 21.1 Å². The number of fused-ring (bicyclic) bond motifs is 2. The van der Waals surface area contributed by atoms with Gasteiger partial charge in [-0.2, -0.15) is 5.10 Å². The van der Waals surface area contributed by atoms with Crippen LogP contribution in [0.4, 0.5) is 10.8 Å². The molecular formula is C17H15N5OS. The van der Waals surface area contributed by atoms with Crippen molar-refractivity contribution in [2.24, 2.45) is 0 Å². The molecule has 2 aromatic heterocycles. The summed E-state index contributed by atoms with van der Waals surface area (Å²) in [5.41, 5.74) is 2.46. The molecule has 4 rings (SSSR count). The fourth-order valence-electron chi connectivity index (χ4n) is 2.50. The zero-order valence-corrected chi connectivity index (χ0v) is 13.7. The van der Waals surface area contributed by atoms with Crippen LogP contribution in [0.3, 0.4) is 0 Å². The number of para-hydroxylation sites is 2. The molecule has 0 fully saturated rings. The molecule has 0 spiro atoms. The Balaban J connectivity index is 1.50. The van der Waals surface area contributed by atoms with Crippen LogP contribution in [0, 0.1) is 0 Å². The lowest BCUT2D eigenvalue weighted by atomic mass is 10.2. The third kappa shape index (κ3) is 2.69. The standard InChI is InChI=1S/C17H15N5OS/c1-10(19-17-21-12-6-2-3-8-14(12)24-17)16(23)20-13-7-4-5-11-9-18-22-15(11)13/h2-10H,1H3,(H,18,22)(H,19,21)(H,20,23)/t10-/m1/s1. The number of hydrogen-bond donors (Lipinski definition) is 3. The minimum absolute atomic E-state index is 0.128. The van der Waals surface area contributed by atoms with Crippen LogP contribution in [0.1, 0.15) is 6.92 Å². The van der Waals surface area contributed by atoms with Gasteiger partial charge in [-0.3, -0.25) is 9.89 Å². The Morgan fingerprint density at radius 2 is 2.08 bits per heavy atom. The van der Waals surface area contributed by atoms with E-state index in [1.807, 2.05) is 49.4 Å². The van der Waals surface area contributed by atoms with E-state index in [0.717, 1.165) is 26.3 Å². The Morgan fingerprint density at radius 3 is 2.96 bits per heavy atom. The molecule has 0 unspecified atom stereocenters. The van der Waals surface area contributed by atoms with Gasteiger partial charge in [-0.1, -0.05) is 35.6 Å². The van der Waals surface area contributed by atoms with Crippen molar-refractivity contribution in [3.05, 3.63) is 48.7 Å². The summed E-state index contributed by atoms with van der Waals surface area (Å²) in [6.45, 7) is 1.81. The SMILES string of the molecule is C[C@@H](Nc1nc2ccccc2s1)C(=O)Nc1cccc2cn[nH]c12. The lowest BCUT2D eigenvalue weighted by Gasteiger charge is -2.13. The summed E-state index contributed by atoms with van der Waals surface area (Å²) >= 11 is 1.53. The predicted molar refractivity (Wildman–Crippen MR) is 97.4 cm³/mol. The quantitative estimate of drug-likeness (QED) is 0.531. The lowest BCUT2D eigenvalue weighted by molar-refractivity contribution is -0.116. The van der Waals surface area contributed by atoms with Gasteiger partial charge in [0.25, 0.3) is 0 Å². The average molecular weight is 337 g/mol. The molecule has 0 saturated heterocycles. The highest BCUT2D eigenvalue weighted by Crippen LogP contribution is 2.26. The highest BCUT2D eigenvalue weighted by molar-refractivity contribution is 7.22. The first-order valence-electron chi connectivity index (χ1n) is 7.56. The van der Waals surface area contributed by atoms with Crippen LogP contribution in [0.2, 0.25) is 0 Å². The van der Waals surface area contributed by atoms with Crippen LogP contribution in [-0.2, 0) is 4.79 Å². The zero-order chi connectivity index (χ0) is 16.5. The number of hydrogen-bond acceptors (Lipinski definition) is 5. The number of carbonyl (C=O) groups excluding carboxylic acids is 1. The van der Waals surface area contributed by atoms with Crippen molar-refractivity contribution in [3.8, 4) is 0 Å². The van der Waals surface area contributed by atoms with Crippen molar-refractivity contribution in [1.82, 2.24) is 15.2 Å². The number of anilines is 2.